The molecule has 1 aliphatic carbocycles. The van der Waals surface area contributed by atoms with Gasteiger partial charge in [-0.25, -0.2) is 9.78 Å². The molecular weight excluding hydrogens is 332 g/mol. The molecule has 2 aromatic heterocycles. The first-order chi connectivity index (χ1) is 12.6. The minimum atomic E-state index is -0.641. The topological polar surface area (TPSA) is 84.4 Å². The molecule has 0 saturated heterocycles. The highest BCUT2D eigenvalue weighted by molar-refractivity contribution is 6.09. The van der Waals surface area contributed by atoms with Gasteiger partial charge in [-0.05, 0) is 18.6 Å². The van der Waals surface area contributed by atoms with Crippen molar-refractivity contribution in [2.45, 2.75) is 24.5 Å². The molecule has 0 amide bonds. The largest absolute Gasteiger partial charge is 0.464 e. The van der Waals surface area contributed by atoms with Crippen LogP contribution in [0.3, 0.4) is 0 Å². The predicted octanol–water partition coefficient (Wildman–Crippen LogP) is 2.92. The molecule has 3 unspecified atom stereocenters. The number of hydrogen-bond acceptors (Lipinski definition) is 5. The maximum absolute atomic E-state index is 12.1. The number of aliphatic hydroxyl groups excluding tert-OH is 1. The third kappa shape index (κ3) is 2.67. The van der Waals surface area contributed by atoms with Crippen molar-refractivity contribution in [3.05, 3.63) is 53.9 Å². The summed E-state index contributed by atoms with van der Waals surface area (Å²) in [5.41, 5.74) is 2.90. The summed E-state index contributed by atoms with van der Waals surface area (Å²) < 4.78 is 10.3. The lowest BCUT2D eigenvalue weighted by Crippen LogP contribution is -2.31. The van der Waals surface area contributed by atoms with Gasteiger partial charge in [0, 0.05) is 29.3 Å². The standard InChI is InChI=1S/C20H20N2O4/c1-25-17-9-11(7-8-16(17)23)18-19-13(10-15(22-18)20(24)26-2)12-5-3-4-6-14(12)21-19/h3-8,10-11,16-17,21,23H,9H2,1-2H3. The van der Waals surface area contributed by atoms with E-state index in [1.54, 1.807) is 19.3 Å². The number of fused-ring (bicyclic) bond motifs is 3. The zero-order chi connectivity index (χ0) is 18.3. The smallest absolute Gasteiger partial charge is 0.356 e. The number of ether oxygens (including phenoxy) is 2. The molecule has 6 heteroatoms. The van der Waals surface area contributed by atoms with Gasteiger partial charge in [-0.2, -0.15) is 0 Å². The monoisotopic (exact) mass is 352 g/mol. The van der Waals surface area contributed by atoms with Crippen LogP contribution in [0.25, 0.3) is 21.8 Å². The first-order valence-corrected chi connectivity index (χ1v) is 8.51. The summed E-state index contributed by atoms with van der Waals surface area (Å²) in [4.78, 5) is 20.2. The van der Waals surface area contributed by atoms with E-state index < -0.39 is 12.1 Å². The van der Waals surface area contributed by atoms with Crippen LogP contribution in [0.15, 0.2) is 42.5 Å². The van der Waals surface area contributed by atoms with E-state index in [0.29, 0.717) is 6.42 Å². The van der Waals surface area contributed by atoms with Gasteiger partial charge in [-0.15, -0.1) is 0 Å². The number of methoxy groups -OCH3 is 2. The Labute approximate surface area is 150 Å². The number of benzene rings is 1. The van der Waals surface area contributed by atoms with E-state index in [4.69, 9.17) is 9.47 Å². The number of nitrogens with zero attached hydrogens (tertiary/aromatic N) is 1. The van der Waals surface area contributed by atoms with Crippen LogP contribution in [0.5, 0.6) is 0 Å². The number of rotatable bonds is 3. The molecule has 0 saturated carbocycles. The van der Waals surface area contributed by atoms with Crippen molar-refractivity contribution >= 4 is 27.8 Å². The van der Waals surface area contributed by atoms with Crippen molar-refractivity contribution in [1.29, 1.82) is 0 Å². The first-order valence-electron chi connectivity index (χ1n) is 8.51. The van der Waals surface area contributed by atoms with Crippen molar-refractivity contribution in [3.63, 3.8) is 0 Å². The fraction of sp³-hybridized carbons (Fsp3) is 0.300. The van der Waals surface area contributed by atoms with E-state index in [2.05, 4.69) is 9.97 Å². The molecule has 134 valence electrons. The number of aromatic nitrogens is 2. The molecule has 6 nitrogen and oxygen atoms in total. The summed E-state index contributed by atoms with van der Waals surface area (Å²) in [6.07, 6.45) is 3.28. The number of carbonyl (C=O) groups excluding carboxylic acids is 1. The molecule has 1 aliphatic rings. The summed E-state index contributed by atoms with van der Waals surface area (Å²) in [6, 6.07) is 9.70. The number of aliphatic hydroxyl groups is 1. The molecule has 2 heterocycles. The number of carbonyl (C=O) groups is 1. The van der Waals surface area contributed by atoms with Gasteiger partial charge in [0.05, 0.1) is 30.5 Å². The number of nitrogens with one attached hydrogen (secondary N) is 1. The lowest BCUT2D eigenvalue weighted by atomic mass is 9.88. The van der Waals surface area contributed by atoms with Crippen LogP contribution in [0, 0.1) is 0 Å². The van der Waals surface area contributed by atoms with E-state index in [9.17, 15) is 9.90 Å². The van der Waals surface area contributed by atoms with Crippen LogP contribution in [-0.2, 0) is 9.47 Å². The van der Waals surface area contributed by atoms with E-state index in [1.807, 2.05) is 30.3 Å². The Morgan fingerprint density at radius 2 is 2.04 bits per heavy atom. The van der Waals surface area contributed by atoms with Crippen LogP contribution >= 0.6 is 0 Å². The summed E-state index contributed by atoms with van der Waals surface area (Å²) in [5, 5.41) is 12.0. The lowest BCUT2D eigenvalue weighted by Gasteiger charge is -2.27. The molecule has 0 spiro atoms. The van der Waals surface area contributed by atoms with Crippen molar-refractivity contribution in [2.24, 2.45) is 0 Å². The highest BCUT2D eigenvalue weighted by Crippen LogP contribution is 2.35. The number of hydrogen-bond donors (Lipinski definition) is 2. The van der Waals surface area contributed by atoms with Gasteiger partial charge in [0.2, 0.25) is 0 Å². The molecule has 4 rings (SSSR count). The van der Waals surface area contributed by atoms with Gasteiger partial charge in [0.15, 0.2) is 0 Å². The lowest BCUT2D eigenvalue weighted by molar-refractivity contribution is 0.000169. The number of allylic oxidation sites excluding steroid dienone is 1. The fourth-order valence-corrected chi connectivity index (χ4v) is 3.63. The molecule has 26 heavy (non-hydrogen) atoms. The Morgan fingerprint density at radius 1 is 1.23 bits per heavy atom. The second-order valence-electron chi connectivity index (χ2n) is 6.47. The van der Waals surface area contributed by atoms with Gasteiger partial charge in [0.1, 0.15) is 5.69 Å². The van der Waals surface area contributed by atoms with Gasteiger partial charge < -0.3 is 19.6 Å². The minimum Gasteiger partial charge on any atom is -0.464 e. The van der Waals surface area contributed by atoms with Gasteiger partial charge in [0.25, 0.3) is 0 Å². The first kappa shape index (κ1) is 16.8. The number of esters is 1. The van der Waals surface area contributed by atoms with Crippen LogP contribution in [-0.4, -0.2) is 47.5 Å². The second-order valence-corrected chi connectivity index (χ2v) is 6.47. The molecule has 0 bridgehead atoms. The average Bonchev–Trinajstić information content (AvgIpc) is 3.05. The molecule has 0 fully saturated rings. The third-order valence-corrected chi connectivity index (χ3v) is 4.98. The Balaban J connectivity index is 1.95. The number of pyridine rings is 1. The van der Waals surface area contributed by atoms with Crippen molar-refractivity contribution in [3.8, 4) is 0 Å². The molecule has 3 atom stereocenters. The maximum Gasteiger partial charge on any atom is 0.356 e. The number of para-hydroxylation sites is 1. The molecule has 3 aromatic rings. The van der Waals surface area contributed by atoms with E-state index in [1.165, 1.54) is 7.11 Å². The Bertz CT molecular complexity index is 1010. The summed E-state index contributed by atoms with van der Waals surface area (Å²) in [5.74, 6) is -0.551. The predicted molar refractivity (Wildman–Crippen MR) is 98.2 cm³/mol. The van der Waals surface area contributed by atoms with E-state index >= 15 is 0 Å². The maximum atomic E-state index is 12.1. The van der Waals surface area contributed by atoms with Crippen molar-refractivity contribution in [2.75, 3.05) is 14.2 Å². The minimum absolute atomic E-state index is 0.0801. The van der Waals surface area contributed by atoms with Gasteiger partial charge in [-0.3, -0.25) is 0 Å². The number of H-pyrrole nitrogens is 1. The van der Waals surface area contributed by atoms with Crippen molar-refractivity contribution < 1.29 is 19.4 Å². The zero-order valence-electron chi connectivity index (χ0n) is 14.6. The van der Waals surface area contributed by atoms with Gasteiger partial charge >= 0.3 is 5.97 Å². The second kappa shape index (κ2) is 6.55. The number of aromatic amines is 1. The average molecular weight is 352 g/mol. The highest BCUT2D eigenvalue weighted by Gasteiger charge is 2.29. The van der Waals surface area contributed by atoms with Crippen LogP contribution in [0.1, 0.15) is 28.5 Å². The summed E-state index contributed by atoms with van der Waals surface area (Å²) >= 11 is 0. The zero-order valence-corrected chi connectivity index (χ0v) is 14.6. The Morgan fingerprint density at radius 3 is 2.81 bits per heavy atom. The molecule has 0 aliphatic heterocycles. The summed E-state index contributed by atoms with van der Waals surface area (Å²) in [6.45, 7) is 0. The highest BCUT2D eigenvalue weighted by atomic mass is 16.5. The fourth-order valence-electron chi connectivity index (χ4n) is 3.63. The van der Waals surface area contributed by atoms with Crippen LogP contribution < -0.4 is 0 Å². The molecule has 2 N–H and O–H groups in total. The summed E-state index contributed by atoms with van der Waals surface area (Å²) in [7, 11) is 2.93. The Hall–Kier alpha value is -2.70. The SMILES string of the molecule is COC(=O)c1cc2c([nH]c3ccccc32)c(C2C=CC(O)C(OC)C2)n1. The van der Waals surface area contributed by atoms with Crippen LogP contribution in [0.4, 0.5) is 0 Å². The molecule has 1 aromatic carbocycles. The molecular formula is C20H20N2O4. The third-order valence-electron chi connectivity index (χ3n) is 4.98. The van der Waals surface area contributed by atoms with E-state index in [0.717, 1.165) is 27.5 Å². The van der Waals surface area contributed by atoms with Gasteiger partial charge in [-0.1, -0.05) is 30.4 Å². The normalized spacial score (nSPS) is 22.8. The Kier molecular flexibility index (Phi) is 4.22. The quantitative estimate of drug-likeness (QED) is 0.559. The molecule has 0 radical (unpaired) electrons. The van der Waals surface area contributed by atoms with E-state index in [-0.39, 0.29) is 17.7 Å². The van der Waals surface area contributed by atoms with Crippen molar-refractivity contribution in [1.82, 2.24) is 9.97 Å². The van der Waals surface area contributed by atoms with Crippen LogP contribution in [0.2, 0.25) is 0 Å².